The van der Waals surface area contributed by atoms with Crippen LogP contribution in [-0.4, -0.2) is 14.0 Å². The predicted molar refractivity (Wildman–Crippen MR) is 147 cm³/mol. The fourth-order valence-corrected chi connectivity index (χ4v) is 4.91. The molecule has 4 N–H and O–H groups in total. The maximum atomic E-state index is 6.54. The number of aryl methyl sites for hydroxylation is 1. The van der Waals surface area contributed by atoms with E-state index in [2.05, 4.69) is 12.1 Å². The third kappa shape index (κ3) is 5.15. The van der Waals surface area contributed by atoms with Crippen LogP contribution in [0.4, 0.5) is 0 Å². The van der Waals surface area contributed by atoms with Gasteiger partial charge in [0.25, 0.3) is 0 Å². The largest absolute Gasteiger partial charge is 0.479 e. The second-order valence-electron chi connectivity index (χ2n) is 9.43. The van der Waals surface area contributed by atoms with Gasteiger partial charge in [0.05, 0.1) is 6.61 Å². The highest BCUT2D eigenvalue weighted by Gasteiger charge is 2.38. The van der Waals surface area contributed by atoms with Crippen LogP contribution in [0.15, 0.2) is 84.9 Å². The number of hydrogen-bond donors (Lipinski definition) is 2. The van der Waals surface area contributed by atoms with Gasteiger partial charge in [0, 0.05) is 13.1 Å². The van der Waals surface area contributed by atoms with Crippen molar-refractivity contribution in [3.05, 3.63) is 107 Å². The maximum Gasteiger partial charge on any atom is 0.479 e. The van der Waals surface area contributed by atoms with Crippen molar-refractivity contribution < 1.29 is 18.7 Å². The van der Waals surface area contributed by atoms with Crippen LogP contribution in [0.1, 0.15) is 22.3 Å². The first-order valence-electron chi connectivity index (χ1n) is 12.6. The summed E-state index contributed by atoms with van der Waals surface area (Å²) < 4.78 is 24.8. The minimum atomic E-state index is -0.442. The SMILES string of the molecule is NCc1ccc(Oc2ccc3c(c2)B(OB2OCc4ccc(Oc5ccc(CN)cc5)cc42)CC3)cc1. The fourth-order valence-electron chi connectivity index (χ4n) is 4.91. The molecule has 0 aliphatic carbocycles. The Morgan fingerprint density at radius 1 is 0.649 bits per heavy atom. The lowest BCUT2D eigenvalue weighted by Gasteiger charge is -2.16. The summed E-state index contributed by atoms with van der Waals surface area (Å²) in [6.07, 6.45) is 1.87. The zero-order valence-corrected chi connectivity index (χ0v) is 20.6. The molecule has 184 valence electrons. The van der Waals surface area contributed by atoms with Gasteiger partial charge in [0.1, 0.15) is 23.0 Å². The summed E-state index contributed by atoms with van der Waals surface area (Å²) in [7, 11) is -0.442. The van der Waals surface area contributed by atoms with Crippen molar-refractivity contribution in [2.75, 3.05) is 0 Å². The van der Waals surface area contributed by atoms with Crippen molar-refractivity contribution in [3.8, 4) is 23.0 Å². The third-order valence-corrected chi connectivity index (χ3v) is 6.98. The molecule has 0 saturated carbocycles. The Hall–Kier alpha value is -3.55. The van der Waals surface area contributed by atoms with Gasteiger partial charge in [-0.1, -0.05) is 42.0 Å². The molecule has 6 nitrogen and oxygen atoms in total. The Morgan fingerprint density at radius 3 is 1.78 bits per heavy atom. The highest BCUT2D eigenvalue weighted by atomic mass is 16.6. The standard InChI is InChI=1S/C29H28B2N2O4/c32-17-20-1-7-24(8-2-20)35-26-11-5-22-13-14-30(28(22)15-26)37-31-29-16-27(12-6-23(29)19-34-31)36-25-9-3-21(18-33)4-10-25/h1-12,15-16H,13-14,17-19,32-33H2. The number of fused-ring (bicyclic) bond motifs is 2. The zero-order valence-electron chi connectivity index (χ0n) is 20.6. The molecule has 0 bridgehead atoms. The molecule has 0 radical (unpaired) electrons. The normalized spacial score (nSPS) is 14.0. The Bertz CT molecular complexity index is 1290. The number of ether oxygens (including phenoxy) is 2. The van der Waals surface area contributed by atoms with Gasteiger partial charge in [-0.15, -0.1) is 0 Å². The van der Waals surface area contributed by atoms with Gasteiger partial charge in [0.2, 0.25) is 0 Å². The van der Waals surface area contributed by atoms with Crippen LogP contribution in [-0.2, 0) is 35.3 Å². The lowest BCUT2D eigenvalue weighted by atomic mass is 9.59. The van der Waals surface area contributed by atoms with E-state index in [1.807, 2.05) is 72.8 Å². The van der Waals surface area contributed by atoms with Gasteiger partial charge in [-0.2, -0.15) is 0 Å². The molecule has 37 heavy (non-hydrogen) atoms. The Labute approximate surface area is 217 Å². The second kappa shape index (κ2) is 10.4. The highest BCUT2D eigenvalue weighted by Crippen LogP contribution is 2.27. The van der Waals surface area contributed by atoms with Gasteiger partial charge in [-0.3, -0.25) is 0 Å². The van der Waals surface area contributed by atoms with E-state index in [0.717, 1.165) is 63.4 Å². The van der Waals surface area contributed by atoms with Gasteiger partial charge in [-0.25, -0.2) is 0 Å². The van der Waals surface area contributed by atoms with Crippen molar-refractivity contribution in [3.63, 3.8) is 0 Å². The smallest absolute Gasteiger partial charge is 0.467 e. The molecule has 0 spiro atoms. The third-order valence-electron chi connectivity index (χ3n) is 6.98. The van der Waals surface area contributed by atoms with Crippen LogP contribution >= 0.6 is 0 Å². The molecule has 2 aliphatic heterocycles. The molecular weight excluding hydrogens is 462 g/mol. The molecule has 4 aromatic carbocycles. The molecule has 0 amide bonds. The van der Waals surface area contributed by atoms with E-state index in [-0.39, 0.29) is 6.92 Å². The van der Waals surface area contributed by atoms with Crippen molar-refractivity contribution in [1.29, 1.82) is 0 Å². The average molecular weight is 490 g/mol. The van der Waals surface area contributed by atoms with E-state index in [9.17, 15) is 0 Å². The van der Waals surface area contributed by atoms with E-state index < -0.39 is 7.12 Å². The van der Waals surface area contributed by atoms with Crippen LogP contribution in [0.25, 0.3) is 0 Å². The van der Waals surface area contributed by atoms with E-state index in [1.165, 1.54) is 5.56 Å². The van der Waals surface area contributed by atoms with Crippen LogP contribution in [0.3, 0.4) is 0 Å². The van der Waals surface area contributed by atoms with Crippen LogP contribution in [0.2, 0.25) is 6.32 Å². The summed E-state index contributed by atoms with van der Waals surface area (Å²) >= 11 is 0. The molecule has 4 aromatic rings. The van der Waals surface area contributed by atoms with Crippen molar-refractivity contribution in [2.45, 2.75) is 32.4 Å². The molecule has 0 fully saturated rings. The summed E-state index contributed by atoms with van der Waals surface area (Å²) in [5.74, 6) is 3.09. The van der Waals surface area contributed by atoms with Crippen molar-refractivity contribution in [2.24, 2.45) is 11.5 Å². The summed E-state index contributed by atoms with van der Waals surface area (Å²) in [5, 5.41) is 0. The molecular formula is C29H28B2N2O4. The molecule has 2 aliphatic rings. The molecule has 8 heteroatoms. The van der Waals surface area contributed by atoms with Gasteiger partial charge in [0.15, 0.2) is 0 Å². The van der Waals surface area contributed by atoms with Crippen LogP contribution in [0.5, 0.6) is 23.0 Å². The lowest BCUT2D eigenvalue weighted by Crippen LogP contribution is -2.42. The summed E-state index contributed by atoms with van der Waals surface area (Å²) in [4.78, 5) is 0. The van der Waals surface area contributed by atoms with Crippen molar-refractivity contribution >= 4 is 25.0 Å². The highest BCUT2D eigenvalue weighted by molar-refractivity contribution is 6.79. The lowest BCUT2D eigenvalue weighted by molar-refractivity contribution is 0.282. The molecule has 0 unspecified atom stereocenters. The number of nitrogens with two attached hydrogens (primary N) is 2. The van der Waals surface area contributed by atoms with E-state index in [1.54, 1.807) is 0 Å². The molecule has 0 atom stereocenters. The minimum absolute atomic E-state index is 0.0671. The van der Waals surface area contributed by atoms with Crippen LogP contribution in [0, 0.1) is 0 Å². The quantitative estimate of drug-likeness (QED) is 0.365. The Morgan fingerprint density at radius 2 is 1.19 bits per heavy atom. The first-order chi connectivity index (χ1) is 18.2. The summed E-state index contributed by atoms with van der Waals surface area (Å²) in [5.41, 5.74) is 18.1. The zero-order chi connectivity index (χ0) is 25.2. The van der Waals surface area contributed by atoms with E-state index >= 15 is 0 Å². The first kappa shape index (κ1) is 23.8. The monoisotopic (exact) mass is 490 g/mol. The van der Waals surface area contributed by atoms with Crippen molar-refractivity contribution in [1.82, 2.24) is 0 Å². The average Bonchev–Trinajstić information content (AvgIpc) is 3.53. The fraction of sp³-hybridized carbons (Fsp3) is 0.172. The molecule has 0 aromatic heterocycles. The Balaban J connectivity index is 1.17. The predicted octanol–water partition coefficient (Wildman–Crippen LogP) is 3.89. The molecule has 6 rings (SSSR count). The van der Waals surface area contributed by atoms with E-state index in [0.29, 0.717) is 19.7 Å². The number of benzene rings is 4. The number of rotatable bonds is 8. The van der Waals surface area contributed by atoms with Crippen LogP contribution < -0.4 is 31.9 Å². The summed E-state index contributed by atoms with van der Waals surface area (Å²) in [6.45, 7) is 1.48. The summed E-state index contributed by atoms with van der Waals surface area (Å²) in [6, 6.07) is 27.9. The topological polar surface area (TPSA) is 89.0 Å². The maximum absolute atomic E-state index is 6.54. The van der Waals surface area contributed by atoms with Gasteiger partial charge in [-0.05, 0) is 88.9 Å². The van der Waals surface area contributed by atoms with Gasteiger partial charge >= 0.3 is 14.0 Å². The first-order valence-corrected chi connectivity index (χ1v) is 12.6. The molecule has 2 heterocycles. The van der Waals surface area contributed by atoms with Gasteiger partial charge < -0.3 is 30.2 Å². The number of hydrogen-bond acceptors (Lipinski definition) is 6. The second-order valence-corrected chi connectivity index (χ2v) is 9.43. The van der Waals surface area contributed by atoms with E-state index in [4.69, 9.17) is 30.2 Å². The minimum Gasteiger partial charge on any atom is -0.467 e. The molecule has 0 saturated heterocycles. The Kier molecular flexibility index (Phi) is 6.72.